The van der Waals surface area contributed by atoms with Crippen LogP contribution in [0.1, 0.15) is 28.8 Å². The molecule has 0 radical (unpaired) electrons. The molecule has 8 heteroatoms. The molecule has 0 aromatic heterocycles. The monoisotopic (exact) mass is 410 g/mol. The summed E-state index contributed by atoms with van der Waals surface area (Å²) in [5, 5.41) is 0.930. The first kappa shape index (κ1) is 20.9. The molecule has 0 aliphatic rings. The van der Waals surface area contributed by atoms with Gasteiger partial charge in [-0.05, 0) is 43.7 Å². The van der Waals surface area contributed by atoms with Crippen molar-refractivity contribution in [2.45, 2.75) is 19.8 Å². The number of hydrogen-bond acceptors (Lipinski definition) is 4. The number of aryl methyl sites for hydroxylation is 1. The molecule has 0 fully saturated rings. The molecule has 0 atom stereocenters. The van der Waals surface area contributed by atoms with Crippen molar-refractivity contribution in [3.8, 4) is 11.5 Å². The van der Waals surface area contributed by atoms with Gasteiger partial charge in [0.1, 0.15) is 11.5 Å². The maximum absolute atomic E-state index is 12.2. The SMILES string of the molecule is COc1ccc(C)cc1C(=O)NNC(=O)CCCOc1ccc(Cl)cc1Cl. The van der Waals surface area contributed by atoms with Gasteiger partial charge >= 0.3 is 0 Å². The lowest BCUT2D eigenvalue weighted by atomic mass is 10.1. The van der Waals surface area contributed by atoms with E-state index in [9.17, 15) is 9.59 Å². The molecular weight excluding hydrogens is 391 g/mol. The van der Waals surface area contributed by atoms with Crippen molar-refractivity contribution in [3.63, 3.8) is 0 Å². The Morgan fingerprint density at radius 1 is 1.04 bits per heavy atom. The Bertz CT molecular complexity index is 827. The van der Waals surface area contributed by atoms with Crippen LogP contribution in [0.15, 0.2) is 36.4 Å². The second kappa shape index (κ2) is 10.0. The largest absolute Gasteiger partial charge is 0.496 e. The van der Waals surface area contributed by atoms with Crippen molar-refractivity contribution in [2.24, 2.45) is 0 Å². The molecule has 144 valence electrons. The maximum atomic E-state index is 12.2. The van der Waals surface area contributed by atoms with E-state index in [2.05, 4.69) is 10.9 Å². The van der Waals surface area contributed by atoms with Gasteiger partial charge in [-0.25, -0.2) is 0 Å². The molecule has 2 amide bonds. The molecule has 6 nitrogen and oxygen atoms in total. The van der Waals surface area contributed by atoms with Crippen LogP contribution in [0.2, 0.25) is 10.0 Å². The number of hydrogen-bond donors (Lipinski definition) is 2. The van der Waals surface area contributed by atoms with Gasteiger partial charge < -0.3 is 9.47 Å². The lowest BCUT2D eigenvalue weighted by molar-refractivity contribution is -0.122. The third kappa shape index (κ3) is 6.34. The van der Waals surface area contributed by atoms with Gasteiger partial charge in [0, 0.05) is 11.4 Å². The Hall–Kier alpha value is -2.44. The average Bonchev–Trinajstić information content (AvgIpc) is 2.64. The summed E-state index contributed by atoms with van der Waals surface area (Å²) in [6.45, 7) is 2.16. The second-order valence-corrected chi connectivity index (χ2v) is 6.58. The summed E-state index contributed by atoms with van der Waals surface area (Å²) in [6.07, 6.45) is 0.630. The minimum atomic E-state index is -0.451. The summed E-state index contributed by atoms with van der Waals surface area (Å²) < 4.78 is 10.7. The first-order chi connectivity index (χ1) is 12.9. The zero-order chi connectivity index (χ0) is 19.8. The van der Waals surface area contributed by atoms with E-state index < -0.39 is 5.91 Å². The maximum Gasteiger partial charge on any atom is 0.273 e. The topological polar surface area (TPSA) is 76.7 Å². The highest BCUT2D eigenvalue weighted by Crippen LogP contribution is 2.27. The third-order valence-corrected chi connectivity index (χ3v) is 4.15. The summed E-state index contributed by atoms with van der Waals surface area (Å²) in [7, 11) is 1.48. The third-order valence-electron chi connectivity index (χ3n) is 3.61. The fourth-order valence-corrected chi connectivity index (χ4v) is 2.73. The second-order valence-electron chi connectivity index (χ2n) is 5.73. The van der Waals surface area contributed by atoms with Gasteiger partial charge in [0.2, 0.25) is 5.91 Å². The van der Waals surface area contributed by atoms with Crippen LogP contribution >= 0.6 is 23.2 Å². The molecule has 0 bridgehead atoms. The predicted molar refractivity (Wildman–Crippen MR) is 105 cm³/mol. The molecule has 0 saturated carbocycles. The zero-order valence-corrected chi connectivity index (χ0v) is 16.5. The van der Waals surface area contributed by atoms with Crippen molar-refractivity contribution in [3.05, 3.63) is 57.6 Å². The molecule has 0 spiro atoms. The van der Waals surface area contributed by atoms with E-state index in [1.807, 2.05) is 13.0 Å². The van der Waals surface area contributed by atoms with Crippen LogP contribution in [0.4, 0.5) is 0 Å². The fourth-order valence-electron chi connectivity index (χ4n) is 2.26. The van der Waals surface area contributed by atoms with Crippen LogP contribution in [0, 0.1) is 6.92 Å². The van der Waals surface area contributed by atoms with Gasteiger partial charge in [-0.15, -0.1) is 0 Å². The molecule has 0 heterocycles. The number of methoxy groups -OCH3 is 1. The molecule has 2 aromatic carbocycles. The van der Waals surface area contributed by atoms with Crippen LogP contribution in [0.5, 0.6) is 11.5 Å². The van der Waals surface area contributed by atoms with Crippen LogP contribution in [0.25, 0.3) is 0 Å². The number of carbonyl (C=O) groups excluding carboxylic acids is 2. The molecule has 0 aliphatic heterocycles. The summed E-state index contributed by atoms with van der Waals surface area (Å²) in [5.74, 6) is 0.149. The molecule has 0 unspecified atom stereocenters. The minimum absolute atomic E-state index is 0.177. The first-order valence-electron chi connectivity index (χ1n) is 8.22. The van der Waals surface area contributed by atoms with E-state index in [0.29, 0.717) is 40.1 Å². The Morgan fingerprint density at radius 2 is 1.78 bits per heavy atom. The number of nitrogens with one attached hydrogen (secondary N) is 2. The van der Waals surface area contributed by atoms with Gasteiger partial charge in [0.15, 0.2) is 0 Å². The number of halogens is 2. The fraction of sp³-hybridized carbons (Fsp3) is 0.263. The summed E-state index contributed by atoms with van der Waals surface area (Å²) in [6, 6.07) is 10.1. The number of hydrazine groups is 1. The number of carbonyl (C=O) groups is 2. The number of ether oxygens (including phenoxy) is 2. The van der Waals surface area contributed by atoms with Crippen molar-refractivity contribution in [1.29, 1.82) is 0 Å². The predicted octanol–water partition coefficient (Wildman–Crippen LogP) is 3.93. The van der Waals surface area contributed by atoms with Crippen LogP contribution < -0.4 is 20.3 Å². The quantitative estimate of drug-likeness (QED) is 0.535. The number of rotatable bonds is 7. The zero-order valence-electron chi connectivity index (χ0n) is 15.0. The van der Waals surface area contributed by atoms with E-state index >= 15 is 0 Å². The van der Waals surface area contributed by atoms with Gasteiger partial charge in [-0.2, -0.15) is 0 Å². The lowest BCUT2D eigenvalue weighted by Gasteiger charge is -2.11. The molecular formula is C19H20Cl2N2O4. The van der Waals surface area contributed by atoms with Crippen molar-refractivity contribution in [2.75, 3.05) is 13.7 Å². The van der Waals surface area contributed by atoms with E-state index in [1.54, 1.807) is 30.3 Å². The van der Waals surface area contributed by atoms with E-state index in [4.69, 9.17) is 32.7 Å². The van der Waals surface area contributed by atoms with Gasteiger partial charge in [-0.1, -0.05) is 34.8 Å². The number of amides is 2. The summed E-state index contributed by atoms with van der Waals surface area (Å²) >= 11 is 11.8. The van der Waals surface area contributed by atoms with E-state index in [-0.39, 0.29) is 12.3 Å². The van der Waals surface area contributed by atoms with Gasteiger partial charge in [0.05, 0.1) is 24.3 Å². The molecule has 27 heavy (non-hydrogen) atoms. The molecule has 2 rings (SSSR count). The summed E-state index contributed by atoms with van der Waals surface area (Å²) in [4.78, 5) is 24.1. The van der Waals surface area contributed by atoms with Crippen molar-refractivity contribution >= 4 is 35.0 Å². The Balaban J connectivity index is 1.74. The summed E-state index contributed by atoms with van der Waals surface area (Å²) in [5.41, 5.74) is 6.01. The van der Waals surface area contributed by atoms with Crippen LogP contribution in [-0.2, 0) is 4.79 Å². The Kier molecular flexibility index (Phi) is 7.76. The van der Waals surface area contributed by atoms with Crippen LogP contribution in [0.3, 0.4) is 0 Å². The van der Waals surface area contributed by atoms with E-state index in [0.717, 1.165) is 5.56 Å². The molecule has 0 aliphatic carbocycles. The average molecular weight is 411 g/mol. The Morgan fingerprint density at radius 3 is 2.48 bits per heavy atom. The normalized spacial score (nSPS) is 10.2. The lowest BCUT2D eigenvalue weighted by Crippen LogP contribution is -2.41. The highest BCUT2D eigenvalue weighted by atomic mass is 35.5. The number of benzene rings is 2. The standard InChI is InChI=1S/C19H20Cl2N2O4/c1-12-5-7-16(26-2)14(10-12)19(25)23-22-18(24)4-3-9-27-17-8-6-13(20)11-15(17)21/h5-8,10-11H,3-4,9H2,1-2H3,(H,22,24)(H,23,25). The highest BCUT2D eigenvalue weighted by molar-refractivity contribution is 6.35. The molecule has 2 aromatic rings. The van der Waals surface area contributed by atoms with Crippen LogP contribution in [-0.4, -0.2) is 25.5 Å². The minimum Gasteiger partial charge on any atom is -0.496 e. The van der Waals surface area contributed by atoms with Gasteiger partial charge in [0.25, 0.3) is 5.91 Å². The van der Waals surface area contributed by atoms with E-state index in [1.165, 1.54) is 7.11 Å². The van der Waals surface area contributed by atoms with Crippen molar-refractivity contribution in [1.82, 2.24) is 10.9 Å². The highest BCUT2D eigenvalue weighted by Gasteiger charge is 2.13. The van der Waals surface area contributed by atoms with Crippen molar-refractivity contribution < 1.29 is 19.1 Å². The molecule has 2 N–H and O–H groups in total. The Labute approximate surface area is 167 Å². The smallest absolute Gasteiger partial charge is 0.273 e. The molecule has 0 saturated heterocycles. The van der Waals surface area contributed by atoms with Gasteiger partial charge in [-0.3, -0.25) is 20.4 Å². The first-order valence-corrected chi connectivity index (χ1v) is 8.98.